The zero-order valence-electron chi connectivity index (χ0n) is 7.36. The lowest BCUT2D eigenvalue weighted by Crippen LogP contribution is -1.87. The van der Waals surface area contributed by atoms with Gasteiger partial charge in [-0.05, 0) is 35.9 Å². The van der Waals surface area contributed by atoms with Crippen molar-refractivity contribution in [1.29, 1.82) is 0 Å². The maximum Gasteiger partial charge on any atom is 0.00485 e. The van der Waals surface area contributed by atoms with E-state index >= 15 is 0 Å². The number of aryl methyl sites for hydroxylation is 2. The Hall–Kier alpha value is -1.08. The van der Waals surface area contributed by atoms with Gasteiger partial charge in [-0.15, -0.1) is 11.3 Å². The maximum atomic E-state index is 3.03. The molecule has 2 aromatic rings. The van der Waals surface area contributed by atoms with E-state index in [4.69, 9.17) is 0 Å². The van der Waals surface area contributed by atoms with Crippen molar-refractivity contribution in [3.8, 4) is 0 Å². The number of thiophene rings is 1. The van der Waals surface area contributed by atoms with E-state index in [9.17, 15) is 0 Å². The Bertz CT molecular complexity index is 335. The minimum absolute atomic E-state index is 1.13. The third-order valence-corrected chi connectivity index (χ3v) is 2.96. The first-order valence-corrected chi connectivity index (χ1v) is 5.30. The number of hydrogen-bond acceptors (Lipinski definition) is 1. The van der Waals surface area contributed by atoms with Crippen molar-refractivity contribution in [1.82, 2.24) is 0 Å². The zero-order chi connectivity index (χ0) is 8.93. The van der Waals surface area contributed by atoms with Gasteiger partial charge in [-0.3, -0.25) is 0 Å². The van der Waals surface area contributed by atoms with E-state index in [0.717, 1.165) is 12.8 Å². The largest absolute Gasteiger partial charge is 0.149 e. The van der Waals surface area contributed by atoms with Gasteiger partial charge in [0, 0.05) is 4.88 Å². The van der Waals surface area contributed by atoms with Crippen molar-refractivity contribution < 1.29 is 0 Å². The molecule has 0 aliphatic heterocycles. The van der Waals surface area contributed by atoms with Gasteiger partial charge in [0.2, 0.25) is 0 Å². The molecule has 0 spiro atoms. The standard InChI is InChI=1S/C12H11S/c1-2-5-11(6-3-1)8-9-12-7-4-10-13-12/h2-7,10H,8-9H2. The number of hydrogen-bond donors (Lipinski definition) is 0. The first kappa shape index (κ1) is 8.52. The van der Waals surface area contributed by atoms with E-state index < -0.39 is 0 Å². The van der Waals surface area contributed by atoms with Gasteiger partial charge in [-0.1, -0.05) is 30.3 Å². The Balaban J connectivity index is 1.94. The quantitative estimate of drug-likeness (QED) is 0.691. The summed E-state index contributed by atoms with van der Waals surface area (Å²) < 4.78 is 0. The molecule has 13 heavy (non-hydrogen) atoms. The zero-order valence-corrected chi connectivity index (χ0v) is 8.18. The highest BCUT2D eigenvalue weighted by Crippen LogP contribution is 2.12. The minimum Gasteiger partial charge on any atom is -0.149 e. The number of benzene rings is 1. The molecule has 0 bridgehead atoms. The molecule has 0 aliphatic carbocycles. The van der Waals surface area contributed by atoms with E-state index in [1.807, 2.05) is 23.5 Å². The second-order valence-corrected chi connectivity index (χ2v) is 4.02. The molecule has 0 saturated carbocycles. The van der Waals surface area contributed by atoms with Crippen LogP contribution in [0.4, 0.5) is 0 Å². The summed E-state index contributed by atoms with van der Waals surface area (Å²) in [4.78, 5) is 1.47. The molecule has 0 saturated heterocycles. The molecular weight excluding hydrogens is 176 g/mol. The van der Waals surface area contributed by atoms with Gasteiger partial charge in [-0.2, -0.15) is 0 Å². The summed E-state index contributed by atoms with van der Waals surface area (Å²) in [5, 5.41) is 2.13. The lowest BCUT2D eigenvalue weighted by Gasteiger charge is -1.97. The Morgan fingerprint density at radius 3 is 2.62 bits per heavy atom. The Kier molecular flexibility index (Phi) is 2.78. The van der Waals surface area contributed by atoms with Gasteiger partial charge in [0.1, 0.15) is 0 Å². The summed E-state index contributed by atoms with van der Waals surface area (Å²) in [5.74, 6) is 0. The molecule has 1 aromatic heterocycles. The highest BCUT2D eigenvalue weighted by Gasteiger charge is 1.94. The van der Waals surface area contributed by atoms with Crippen LogP contribution < -0.4 is 0 Å². The lowest BCUT2D eigenvalue weighted by atomic mass is 10.1. The molecule has 1 radical (unpaired) electrons. The molecule has 0 atom stereocenters. The first-order valence-electron chi connectivity index (χ1n) is 4.42. The summed E-state index contributed by atoms with van der Waals surface area (Å²) in [6.07, 6.45) is 2.29. The van der Waals surface area contributed by atoms with Crippen LogP contribution in [0.5, 0.6) is 0 Å². The molecule has 1 heteroatoms. The van der Waals surface area contributed by atoms with Crippen molar-refractivity contribution in [2.45, 2.75) is 12.8 Å². The summed E-state index contributed by atoms with van der Waals surface area (Å²) in [5.41, 5.74) is 1.40. The molecule has 0 fully saturated rings. The lowest BCUT2D eigenvalue weighted by molar-refractivity contribution is 0.981. The van der Waals surface area contributed by atoms with Crippen LogP contribution in [0.1, 0.15) is 10.4 Å². The molecule has 0 N–H and O–H groups in total. The van der Waals surface area contributed by atoms with Crippen LogP contribution in [-0.4, -0.2) is 0 Å². The molecule has 0 nitrogen and oxygen atoms in total. The van der Waals surface area contributed by atoms with Gasteiger partial charge in [0.05, 0.1) is 0 Å². The van der Waals surface area contributed by atoms with Crippen LogP contribution >= 0.6 is 11.3 Å². The summed E-state index contributed by atoms with van der Waals surface area (Å²) >= 11 is 1.83. The van der Waals surface area contributed by atoms with Gasteiger partial charge in [0.25, 0.3) is 0 Å². The number of rotatable bonds is 3. The fraction of sp³-hybridized carbons (Fsp3) is 0.167. The molecule has 0 aliphatic rings. The predicted molar refractivity (Wildman–Crippen MR) is 57.0 cm³/mol. The highest BCUT2D eigenvalue weighted by atomic mass is 32.1. The van der Waals surface area contributed by atoms with Crippen LogP contribution in [0.15, 0.2) is 41.8 Å². The normalized spacial score (nSPS) is 10.2. The van der Waals surface area contributed by atoms with Crippen molar-refractivity contribution in [2.75, 3.05) is 0 Å². The van der Waals surface area contributed by atoms with Crippen molar-refractivity contribution in [3.05, 3.63) is 58.3 Å². The second-order valence-electron chi connectivity index (χ2n) is 2.99. The van der Waals surface area contributed by atoms with E-state index in [-0.39, 0.29) is 0 Å². The van der Waals surface area contributed by atoms with E-state index in [1.165, 1.54) is 10.4 Å². The molecule has 2 rings (SSSR count). The topological polar surface area (TPSA) is 0 Å². The van der Waals surface area contributed by atoms with Gasteiger partial charge in [0.15, 0.2) is 0 Å². The Morgan fingerprint density at radius 1 is 1.08 bits per heavy atom. The fourth-order valence-electron chi connectivity index (χ4n) is 1.31. The van der Waals surface area contributed by atoms with Gasteiger partial charge < -0.3 is 0 Å². The van der Waals surface area contributed by atoms with Crippen LogP contribution in [0.2, 0.25) is 0 Å². The third-order valence-electron chi connectivity index (χ3n) is 2.03. The molecule has 1 aromatic carbocycles. The van der Waals surface area contributed by atoms with Gasteiger partial charge in [-0.25, -0.2) is 0 Å². The SMILES string of the molecule is [c]1ccc(CCc2cccs2)cc1. The summed E-state index contributed by atoms with van der Waals surface area (Å²) in [6, 6.07) is 15.5. The third kappa shape index (κ3) is 2.43. The molecule has 0 amide bonds. The van der Waals surface area contributed by atoms with Crippen molar-refractivity contribution in [2.24, 2.45) is 0 Å². The smallest absolute Gasteiger partial charge is 0.00485 e. The van der Waals surface area contributed by atoms with Crippen LogP contribution in [-0.2, 0) is 12.8 Å². The van der Waals surface area contributed by atoms with Gasteiger partial charge >= 0.3 is 0 Å². The van der Waals surface area contributed by atoms with E-state index in [1.54, 1.807) is 0 Å². The van der Waals surface area contributed by atoms with Crippen LogP contribution in [0, 0.1) is 6.07 Å². The second kappa shape index (κ2) is 4.24. The average molecular weight is 187 g/mol. The van der Waals surface area contributed by atoms with E-state index in [0.29, 0.717) is 0 Å². The van der Waals surface area contributed by atoms with E-state index in [2.05, 4.69) is 35.7 Å². The van der Waals surface area contributed by atoms with Crippen molar-refractivity contribution >= 4 is 11.3 Å². The predicted octanol–water partition coefficient (Wildman–Crippen LogP) is 3.33. The average Bonchev–Trinajstić information content (AvgIpc) is 2.69. The Labute approximate surface area is 82.9 Å². The monoisotopic (exact) mass is 187 g/mol. The first-order chi connectivity index (χ1) is 6.45. The molecular formula is C12H11S. The summed E-state index contributed by atoms with van der Waals surface area (Å²) in [7, 11) is 0. The Morgan fingerprint density at radius 2 is 1.92 bits per heavy atom. The fourth-order valence-corrected chi connectivity index (χ4v) is 2.02. The van der Waals surface area contributed by atoms with Crippen molar-refractivity contribution in [3.63, 3.8) is 0 Å². The molecule has 1 heterocycles. The molecule has 65 valence electrons. The minimum atomic E-state index is 1.13. The highest BCUT2D eigenvalue weighted by molar-refractivity contribution is 7.09. The molecule has 0 unspecified atom stereocenters. The van der Waals surface area contributed by atoms with Crippen LogP contribution in [0.25, 0.3) is 0 Å². The van der Waals surface area contributed by atoms with Crippen LogP contribution in [0.3, 0.4) is 0 Å². The maximum absolute atomic E-state index is 3.03. The summed E-state index contributed by atoms with van der Waals surface area (Å²) in [6.45, 7) is 0.